The second-order valence-electron chi connectivity index (χ2n) is 7.41. The Bertz CT molecular complexity index is 824. The van der Waals surface area contributed by atoms with Crippen LogP contribution in [-0.4, -0.2) is 80.6 Å². The Kier molecular flexibility index (Phi) is 17.2. The average Bonchev–Trinajstić information content (AvgIpc) is 2.82. The number of esters is 4. The van der Waals surface area contributed by atoms with Crippen molar-refractivity contribution in [1.82, 2.24) is 5.32 Å². The summed E-state index contributed by atoms with van der Waals surface area (Å²) in [5.41, 5.74) is 0.730. The zero-order valence-electron chi connectivity index (χ0n) is 21.1. The summed E-state index contributed by atoms with van der Waals surface area (Å²) in [7, 11) is 0. The minimum atomic E-state index is -0.840. The predicted molar refractivity (Wildman–Crippen MR) is 133 cm³/mol. The van der Waals surface area contributed by atoms with Crippen LogP contribution in [0.2, 0.25) is 0 Å². The molecule has 36 heavy (non-hydrogen) atoms. The van der Waals surface area contributed by atoms with E-state index in [1.165, 1.54) is 25.6 Å². The summed E-state index contributed by atoms with van der Waals surface area (Å²) in [6, 6.07) is 0. The van der Waals surface area contributed by atoms with Crippen molar-refractivity contribution < 1.29 is 47.7 Å². The number of alkyl carbamates (subject to hydrolysis) is 1. The first-order valence-electron chi connectivity index (χ1n) is 11.2. The SMILES string of the molecule is C=C(C)C(=O)OCCCC(=O)OCC(CSCC(=C)C(=O)OCC)OC(=O)NCCOC(=O)C(=C)C. The van der Waals surface area contributed by atoms with Crippen LogP contribution in [-0.2, 0) is 42.9 Å². The van der Waals surface area contributed by atoms with Gasteiger partial charge < -0.3 is 29.0 Å². The third-order valence-electron chi connectivity index (χ3n) is 3.91. The summed E-state index contributed by atoms with van der Waals surface area (Å²) in [4.78, 5) is 58.5. The lowest BCUT2D eigenvalue weighted by Crippen LogP contribution is -2.35. The lowest BCUT2D eigenvalue weighted by Gasteiger charge is -2.18. The molecule has 0 aliphatic carbocycles. The first kappa shape index (κ1) is 32.7. The minimum absolute atomic E-state index is 0.0000707. The van der Waals surface area contributed by atoms with E-state index in [4.69, 9.17) is 23.7 Å². The van der Waals surface area contributed by atoms with Crippen molar-refractivity contribution in [3.8, 4) is 0 Å². The first-order valence-corrected chi connectivity index (χ1v) is 12.3. The number of nitrogens with one attached hydrogen (secondary N) is 1. The highest BCUT2D eigenvalue weighted by Crippen LogP contribution is 2.12. The molecule has 0 aromatic heterocycles. The van der Waals surface area contributed by atoms with Crippen LogP contribution >= 0.6 is 11.8 Å². The van der Waals surface area contributed by atoms with E-state index in [1.807, 2.05) is 0 Å². The van der Waals surface area contributed by atoms with Crippen molar-refractivity contribution in [2.24, 2.45) is 0 Å². The summed E-state index contributed by atoms with van der Waals surface area (Å²) < 4.78 is 25.1. The minimum Gasteiger partial charge on any atom is -0.463 e. The number of carbonyl (C=O) groups is 5. The maximum absolute atomic E-state index is 12.1. The van der Waals surface area contributed by atoms with E-state index in [9.17, 15) is 24.0 Å². The van der Waals surface area contributed by atoms with Gasteiger partial charge in [0.15, 0.2) is 0 Å². The molecule has 0 saturated heterocycles. The fourth-order valence-corrected chi connectivity index (χ4v) is 3.01. The molecule has 1 N–H and O–H groups in total. The van der Waals surface area contributed by atoms with Crippen molar-refractivity contribution >= 4 is 41.7 Å². The Hall–Kier alpha value is -3.28. The van der Waals surface area contributed by atoms with E-state index in [1.54, 1.807) is 6.92 Å². The quantitative estimate of drug-likeness (QED) is 0.121. The fourth-order valence-electron chi connectivity index (χ4n) is 2.10. The molecule has 202 valence electrons. The zero-order valence-corrected chi connectivity index (χ0v) is 21.9. The van der Waals surface area contributed by atoms with Gasteiger partial charge in [-0.15, -0.1) is 0 Å². The van der Waals surface area contributed by atoms with Crippen LogP contribution in [0.4, 0.5) is 4.79 Å². The van der Waals surface area contributed by atoms with Gasteiger partial charge in [-0.3, -0.25) is 4.79 Å². The van der Waals surface area contributed by atoms with Crippen molar-refractivity contribution in [2.75, 3.05) is 44.5 Å². The van der Waals surface area contributed by atoms with E-state index < -0.39 is 36.1 Å². The normalized spacial score (nSPS) is 10.9. The molecule has 12 heteroatoms. The molecule has 1 amide bonds. The Balaban J connectivity index is 4.63. The van der Waals surface area contributed by atoms with Crippen molar-refractivity contribution in [2.45, 2.75) is 39.7 Å². The molecule has 0 spiro atoms. The van der Waals surface area contributed by atoms with E-state index in [0.29, 0.717) is 0 Å². The molecule has 1 unspecified atom stereocenters. The second-order valence-corrected chi connectivity index (χ2v) is 8.44. The first-order chi connectivity index (χ1) is 17.0. The van der Waals surface area contributed by atoms with Gasteiger partial charge in [0.2, 0.25) is 0 Å². The van der Waals surface area contributed by atoms with Crippen LogP contribution in [0.1, 0.15) is 33.6 Å². The number of hydrogen-bond acceptors (Lipinski definition) is 11. The van der Waals surface area contributed by atoms with Gasteiger partial charge in [0.05, 0.1) is 19.8 Å². The molecular formula is C24H35NO10S. The largest absolute Gasteiger partial charge is 0.463 e. The van der Waals surface area contributed by atoms with E-state index in [2.05, 4.69) is 25.1 Å². The lowest BCUT2D eigenvalue weighted by atomic mass is 10.3. The Morgan fingerprint density at radius 1 is 0.861 bits per heavy atom. The highest BCUT2D eigenvalue weighted by Gasteiger charge is 2.19. The van der Waals surface area contributed by atoms with Gasteiger partial charge in [-0.25, -0.2) is 19.2 Å². The molecule has 0 aromatic rings. The number of carbonyl (C=O) groups excluding carboxylic acids is 5. The van der Waals surface area contributed by atoms with Crippen LogP contribution in [0.3, 0.4) is 0 Å². The van der Waals surface area contributed by atoms with E-state index in [0.717, 1.165) is 0 Å². The molecule has 0 rings (SSSR count). The van der Waals surface area contributed by atoms with Crippen LogP contribution in [0, 0.1) is 0 Å². The number of ether oxygens (including phenoxy) is 5. The van der Waals surface area contributed by atoms with Crippen molar-refractivity contribution in [3.63, 3.8) is 0 Å². The van der Waals surface area contributed by atoms with Crippen LogP contribution in [0.5, 0.6) is 0 Å². The molecule has 0 aliphatic rings. The maximum atomic E-state index is 12.1. The summed E-state index contributed by atoms with van der Waals surface area (Å²) in [6.07, 6.45) is -1.41. The molecule has 0 saturated carbocycles. The fraction of sp³-hybridized carbons (Fsp3) is 0.542. The van der Waals surface area contributed by atoms with Gasteiger partial charge in [0.25, 0.3) is 0 Å². The third kappa shape index (κ3) is 16.4. The lowest BCUT2D eigenvalue weighted by molar-refractivity contribution is -0.148. The molecule has 0 aliphatic heterocycles. The third-order valence-corrected chi connectivity index (χ3v) is 5.07. The van der Waals surface area contributed by atoms with Gasteiger partial charge in [-0.2, -0.15) is 11.8 Å². The van der Waals surface area contributed by atoms with Crippen molar-refractivity contribution in [3.05, 3.63) is 36.5 Å². The van der Waals surface area contributed by atoms with E-state index >= 15 is 0 Å². The highest BCUT2D eigenvalue weighted by molar-refractivity contribution is 7.99. The Labute approximate surface area is 215 Å². The Morgan fingerprint density at radius 3 is 2.06 bits per heavy atom. The zero-order chi connectivity index (χ0) is 27.5. The van der Waals surface area contributed by atoms with Gasteiger partial charge in [0.1, 0.15) is 19.3 Å². The summed E-state index contributed by atoms with van der Waals surface area (Å²) in [5, 5.41) is 2.43. The molecule has 0 heterocycles. The molecule has 0 aromatic carbocycles. The Morgan fingerprint density at radius 2 is 1.47 bits per heavy atom. The van der Waals surface area contributed by atoms with Crippen LogP contribution < -0.4 is 5.32 Å². The number of hydrogen-bond donors (Lipinski definition) is 1. The molecule has 1 atom stereocenters. The topological polar surface area (TPSA) is 144 Å². The van der Waals surface area contributed by atoms with Crippen molar-refractivity contribution in [1.29, 1.82) is 0 Å². The molecule has 0 fully saturated rings. The average molecular weight is 530 g/mol. The smallest absolute Gasteiger partial charge is 0.407 e. The standard InChI is InChI=1S/C24H35NO10S/c1-7-31-23(29)18(6)14-36-15-19(35-24(30)25-10-12-33-22(28)17(4)5)13-34-20(26)9-8-11-32-21(27)16(2)3/h19H,2,4,6-15H2,1,3,5H3,(H,25,30). The summed E-state index contributed by atoms with van der Waals surface area (Å²) in [6.45, 7) is 15.2. The molecular weight excluding hydrogens is 494 g/mol. The van der Waals surface area contributed by atoms with Gasteiger partial charge in [0, 0.05) is 34.6 Å². The monoisotopic (exact) mass is 529 g/mol. The highest BCUT2D eigenvalue weighted by atomic mass is 32.2. The van der Waals surface area contributed by atoms with Crippen LogP contribution in [0.15, 0.2) is 36.5 Å². The van der Waals surface area contributed by atoms with Gasteiger partial charge in [-0.05, 0) is 27.2 Å². The second kappa shape index (κ2) is 19.0. The molecule has 11 nitrogen and oxygen atoms in total. The predicted octanol–water partition coefficient (Wildman–Crippen LogP) is 2.50. The number of amides is 1. The molecule has 0 bridgehead atoms. The summed E-state index contributed by atoms with van der Waals surface area (Å²) in [5.74, 6) is -1.80. The van der Waals surface area contributed by atoms with Gasteiger partial charge >= 0.3 is 30.0 Å². The summed E-state index contributed by atoms with van der Waals surface area (Å²) >= 11 is 1.24. The number of rotatable bonds is 18. The van der Waals surface area contributed by atoms with Crippen LogP contribution in [0.25, 0.3) is 0 Å². The van der Waals surface area contributed by atoms with E-state index in [-0.39, 0.29) is 74.0 Å². The maximum Gasteiger partial charge on any atom is 0.407 e. The van der Waals surface area contributed by atoms with Gasteiger partial charge in [-0.1, -0.05) is 19.7 Å². The number of thioether (sulfide) groups is 1. The molecule has 0 radical (unpaired) electrons.